The summed E-state index contributed by atoms with van der Waals surface area (Å²) in [6, 6.07) is 3.07. The Morgan fingerprint density at radius 3 is 2.72 bits per heavy atom. The Hall–Kier alpha value is -1.99. The molecule has 0 radical (unpaired) electrons. The second-order valence-electron chi connectivity index (χ2n) is 6.68. The SMILES string of the molecule is C=Cc1cc(NC2CCN(C3CCCOC3)CC2)c([N+](=O)[O-])cc1F. The quantitative estimate of drug-likeness (QED) is 0.651. The molecule has 2 saturated heterocycles. The average Bonchev–Trinajstić information content (AvgIpc) is 2.64. The largest absolute Gasteiger partial charge is 0.380 e. The molecule has 2 aliphatic rings. The molecule has 0 spiro atoms. The second-order valence-corrected chi connectivity index (χ2v) is 6.68. The van der Waals surface area contributed by atoms with Crippen molar-refractivity contribution in [1.82, 2.24) is 4.90 Å². The number of benzene rings is 1. The minimum Gasteiger partial charge on any atom is -0.380 e. The van der Waals surface area contributed by atoms with E-state index in [-0.39, 0.29) is 17.3 Å². The van der Waals surface area contributed by atoms with Crippen LogP contribution < -0.4 is 5.32 Å². The van der Waals surface area contributed by atoms with Crippen LogP contribution in [0, 0.1) is 15.9 Å². The number of anilines is 1. The smallest absolute Gasteiger partial charge is 0.295 e. The summed E-state index contributed by atoms with van der Waals surface area (Å²) in [7, 11) is 0. The average molecular weight is 349 g/mol. The van der Waals surface area contributed by atoms with E-state index in [1.165, 1.54) is 18.6 Å². The first kappa shape index (κ1) is 17.8. The molecule has 6 nitrogen and oxygen atoms in total. The highest BCUT2D eigenvalue weighted by atomic mass is 19.1. The number of ether oxygens (including phenoxy) is 1. The minimum absolute atomic E-state index is 0.141. The third-order valence-electron chi connectivity index (χ3n) is 5.07. The third kappa shape index (κ3) is 4.16. The van der Waals surface area contributed by atoms with Crippen molar-refractivity contribution in [2.75, 3.05) is 31.6 Å². The second kappa shape index (κ2) is 7.93. The van der Waals surface area contributed by atoms with Crippen molar-refractivity contribution >= 4 is 17.5 Å². The van der Waals surface area contributed by atoms with E-state index >= 15 is 0 Å². The number of halogens is 1. The van der Waals surface area contributed by atoms with Gasteiger partial charge in [-0.05, 0) is 31.7 Å². The molecule has 2 fully saturated rings. The fraction of sp³-hybridized carbons (Fsp3) is 0.556. The zero-order chi connectivity index (χ0) is 17.8. The van der Waals surface area contributed by atoms with Crippen LogP contribution in [0.2, 0.25) is 0 Å². The summed E-state index contributed by atoms with van der Waals surface area (Å²) in [5.74, 6) is -0.626. The maximum Gasteiger partial charge on any atom is 0.295 e. The van der Waals surface area contributed by atoms with Gasteiger partial charge in [0.1, 0.15) is 11.5 Å². The van der Waals surface area contributed by atoms with E-state index < -0.39 is 10.7 Å². The molecule has 0 aliphatic carbocycles. The Morgan fingerprint density at radius 2 is 2.12 bits per heavy atom. The van der Waals surface area contributed by atoms with Gasteiger partial charge < -0.3 is 10.1 Å². The van der Waals surface area contributed by atoms with Gasteiger partial charge in [-0.25, -0.2) is 4.39 Å². The lowest BCUT2D eigenvalue weighted by atomic mass is 10.00. The van der Waals surface area contributed by atoms with E-state index in [4.69, 9.17) is 4.74 Å². The van der Waals surface area contributed by atoms with Crippen LogP contribution >= 0.6 is 0 Å². The monoisotopic (exact) mass is 349 g/mol. The molecular weight excluding hydrogens is 325 g/mol. The Balaban J connectivity index is 1.65. The highest BCUT2D eigenvalue weighted by Crippen LogP contribution is 2.30. The van der Waals surface area contributed by atoms with Crippen molar-refractivity contribution in [3.63, 3.8) is 0 Å². The topological polar surface area (TPSA) is 67.6 Å². The Kier molecular flexibility index (Phi) is 5.65. The fourth-order valence-electron chi connectivity index (χ4n) is 3.64. The first-order chi connectivity index (χ1) is 12.1. The van der Waals surface area contributed by atoms with Gasteiger partial charge in [0.2, 0.25) is 0 Å². The zero-order valence-corrected chi connectivity index (χ0v) is 14.2. The first-order valence-corrected chi connectivity index (χ1v) is 8.77. The highest BCUT2D eigenvalue weighted by Gasteiger charge is 2.28. The third-order valence-corrected chi connectivity index (χ3v) is 5.07. The molecular formula is C18H24FN3O3. The lowest BCUT2D eigenvalue weighted by molar-refractivity contribution is -0.384. The maximum atomic E-state index is 13.8. The summed E-state index contributed by atoms with van der Waals surface area (Å²) < 4.78 is 19.4. The van der Waals surface area contributed by atoms with Crippen LogP contribution in [0.4, 0.5) is 15.8 Å². The number of nitro benzene ring substituents is 1. The zero-order valence-electron chi connectivity index (χ0n) is 14.2. The van der Waals surface area contributed by atoms with Crippen LogP contribution in [0.5, 0.6) is 0 Å². The van der Waals surface area contributed by atoms with Crippen LogP contribution in [0.25, 0.3) is 6.08 Å². The molecule has 0 bridgehead atoms. The number of rotatable bonds is 5. The van der Waals surface area contributed by atoms with Gasteiger partial charge in [-0.2, -0.15) is 0 Å². The number of hydrogen-bond acceptors (Lipinski definition) is 5. The number of likely N-dealkylation sites (tertiary alicyclic amines) is 1. The van der Waals surface area contributed by atoms with Crippen molar-refractivity contribution in [2.45, 2.75) is 37.8 Å². The lowest BCUT2D eigenvalue weighted by Gasteiger charge is -2.39. The van der Waals surface area contributed by atoms with Gasteiger partial charge in [-0.3, -0.25) is 15.0 Å². The first-order valence-electron chi connectivity index (χ1n) is 8.77. The minimum atomic E-state index is -0.626. The van der Waals surface area contributed by atoms with Crippen molar-refractivity contribution in [1.29, 1.82) is 0 Å². The molecule has 1 unspecified atom stereocenters. The molecule has 2 aliphatic heterocycles. The van der Waals surface area contributed by atoms with E-state index in [0.717, 1.165) is 51.6 Å². The predicted octanol–water partition coefficient (Wildman–Crippen LogP) is 3.43. The summed E-state index contributed by atoms with van der Waals surface area (Å²) in [5.41, 5.74) is 0.400. The van der Waals surface area contributed by atoms with Crippen LogP contribution in [0.3, 0.4) is 0 Å². The van der Waals surface area contributed by atoms with Crippen LogP contribution in [0.1, 0.15) is 31.2 Å². The molecule has 1 aromatic carbocycles. The van der Waals surface area contributed by atoms with E-state index in [1.54, 1.807) is 0 Å². The fourth-order valence-corrected chi connectivity index (χ4v) is 3.64. The van der Waals surface area contributed by atoms with Gasteiger partial charge in [0.25, 0.3) is 5.69 Å². The van der Waals surface area contributed by atoms with Gasteiger partial charge in [0, 0.05) is 37.3 Å². The van der Waals surface area contributed by atoms with Gasteiger partial charge in [0.15, 0.2) is 0 Å². The summed E-state index contributed by atoms with van der Waals surface area (Å²) >= 11 is 0. The Bertz CT molecular complexity index is 639. The molecule has 2 heterocycles. The molecule has 1 N–H and O–H groups in total. The number of hydrogen-bond donors (Lipinski definition) is 1. The lowest BCUT2D eigenvalue weighted by Crippen LogP contribution is -2.47. The van der Waals surface area contributed by atoms with E-state index in [0.29, 0.717) is 11.7 Å². The van der Waals surface area contributed by atoms with Gasteiger partial charge in [-0.15, -0.1) is 0 Å². The van der Waals surface area contributed by atoms with Crippen LogP contribution in [-0.2, 0) is 4.74 Å². The van der Waals surface area contributed by atoms with Crippen molar-refractivity contribution in [3.8, 4) is 0 Å². The van der Waals surface area contributed by atoms with Crippen LogP contribution in [-0.4, -0.2) is 48.2 Å². The molecule has 7 heteroatoms. The predicted molar refractivity (Wildman–Crippen MR) is 95.2 cm³/mol. The summed E-state index contributed by atoms with van der Waals surface area (Å²) in [6.07, 6.45) is 5.44. The molecule has 0 saturated carbocycles. The van der Waals surface area contributed by atoms with Crippen molar-refractivity contribution in [3.05, 3.63) is 40.2 Å². The van der Waals surface area contributed by atoms with Crippen LogP contribution in [0.15, 0.2) is 18.7 Å². The van der Waals surface area contributed by atoms with Gasteiger partial charge in [0.05, 0.1) is 17.6 Å². The number of nitro groups is 1. The molecule has 25 heavy (non-hydrogen) atoms. The Morgan fingerprint density at radius 1 is 1.36 bits per heavy atom. The highest BCUT2D eigenvalue weighted by molar-refractivity contribution is 5.68. The number of piperidine rings is 1. The number of nitrogens with one attached hydrogen (secondary N) is 1. The number of nitrogens with zero attached hydrogens (tertiary/aromatic N) is 2. The van der Waals surface area contributed by atoms with E-state index in [1.807, 2.05) is 0 Å². The summed E-state index contributed by atoms with van der Waals surface area (Å²) in [6.45, 7) is 7.09. The summed E-state index contributed by atoms with van der Waals surface area (Å²) in [5, 5.41) is 14.5. The van der Waals surface area contributed by atoms with Crippen molar-refractivity contribution in [2.24, 2.45) is 0 Å². The molecule has 1 atom stereocenters. The summed E-state index contributed by atoms with van der Waals surface area (Å²) in [4.78, 5) is 13.1. The Labute approximate surface area is 146 Å². The van der Waals surface area contributed by atoms with Gasteiger partial charge in [-0.1, -0.05) is 12.7 Å². The maximum absolute atomic E-state index is 13.8. The molecule has 1 aromatic rings. The molecule has 136 valence electrons. The van der Waals surface area contributed by atoms with Gasteiger partial charge >= 0.3 is 0 Å². The van der Waals surface area contributed by atoms with E-state index in [9.17, 15) is 14.5 Å². The van der Waals surface area contributed by atoms with E-state index in [2.05, 4.69) is 16.8 Å². The van der Waals surface area contributed by atoms with Crippen molar-refractivity contribution < 1.29 is 14.1 Å². The molecule has 0 aromatic heterocycles. The molecule has 0 amide bonds. The normalized spacial score (nSPS) is 22.5. The molecule has 3 rings (SSSR count). The standard InChI is InChI=1S/C18H24FN3O3/c1-2-13-10-17(18(22(23)24)11-16(13)19)20-14-5-7-21(8-6-14)15-4-3-9-25-12-15/h2,10-11,14-15,20H,1,3-9,12H2.